The molecule has 0 aliphatic carbocycles. The van der Waals surface area contributed by atoms with Gasteiger partial charge in [-0.2, -0.15) is 0 Å². The Labute approximate surface area is 123 Å². The Morgan fingerprint density at radius 2 is 0.824 bits per heavy atom. The van der Waals surface area contributed by atoms with Gasteiger partial charge in [-0.3, -0.25) is 0 Å². The van der Waals surface area contributed by atoms with Gasteiger partial charge in [0.1, 0.15) is 0 Å². The second kappa shape index (κ2) is 16.9. The van der Waals surface area contributed by atoms with Gasteiger partial charge in [-0.15, -0.1) is 0 Å². The maximum absolute atomic E-state index is 2.30. The van der Waals surface area contributed by atoms with Crippen molar-refractivity contribution in [2.45, 2.75) is 98.9 Å². The average molecular weight is 339 g/mol. The molecule has 0 fully saturated rings. The molecule has 0 nitrogen and oxygen atoms in total. The fourth-order valence-corrected chi connectivity index (χ4v) is 7.49. The van der Waals surface area contributed by atoms with Crippen LogP contribution in [-0.2, 0) is 24.2 Å². The van der Waals surface area contributed by atoms with Crippen LogP contribution in [0.4, 0.5) is 0 Å². The molecule has 0 unspecified atom stereocenters. The van der Waals surface area contributed by atoms with Gasteiger partial charge in [0.2, 0.25) is 0 Å². The van der Waals surface area contributed by atoms with Crippen LogP contribution >= 0.6 is 0 Å². The minimum atomic E-state index is -0.259. The van der Waals surface area contributed by atoms with E-state index in [1.54, 1.807) is 20.8 Å². The molecule has 0 rings (SSSR count). The van der Waals surface area contributed by atoms with E-state index >= 15 is 0 Å². The van der Waals surface area contributed by atoms with E-state index in [-0.39, 0.29) is 24.2 Å². The zero-order valence-electron chi connectivity index (χ0n) is 12.6. The van der Waals surface area contributed by atoms with Gasteiger partial charge in [-0.25, -0.2) is 0 Å². The number of hydrogen-bond acceptors (Lipinski definition) is 0. The number of rotatable bonds is 14. The molecule has 0 N–H and O–H groups in total. The second-order valence-electron chi connectivity index (χ2n) is 5.60. The van der Waals surface area contributed by atoms with E-state index in [4.69, 9.17) is 0 Å². The summed E-state index contributed by atoms with van der Waals surface area (Å²) in [5.41, 5.74) is 0. The van der Waals surface area contributed by atoms with E-state index < -0.39 is 0 Å². The van der Waals surface area contributed by atoms with Gasteiger partial charge < -0.3 is 0 Å². The van der Waals surface area contributed by atoms with Gasteiger partial charge >= 0.3 is 123 Å². The predicted molar refractivity (Wildman–Crippen MR) is 76.4 cm³/mol. The molecule has 1 heteroatoms. The van der Waals surface area contributed by atoms with E-state index in [0.29, 0.717) is 0 Å². The molecule has 0 amide bonds. The van der Waals surface area contributed by atoms with Crippen molar-refractivity contribution in [2.75, 3.05) is 0 Å². The summed E-state index contributed by atoms with van der Waals surface area (Å²) in [6, 6.07) is 0. The molecule has 0 aliphatic heterocycles. The van der Waals surface area contributed by atoms with Gasteiger partial charge in [-0.05, 0) is 0 Å². The summed E-state index contributed by atoms with van der Waals surface area (Å²) < 4.78 is 3.39. The Kier molecular flexibility index (Phi) is 17.8. The fourth-order valence-electron chi connectivity index (χ4n) is 2.44. The van der Waals surface area contributed by atoms with Crippen molar-refractivity contribution in [3.05, 3.63) is 0 Å². The van der Waals surface area contributed by atoms with Crippen LogP contribution in [0.3, 0.4) is 0 Å². The third kappa shape index (κ3) is 16.9. The van der Waals surface area contributed by atoms with E-state index in [9.17, 15) is 0 Å². The molecule has 0 spiro atoms. The van der Waals surface area contributed by atoms with E-state index in [0.717, 1.165) is 0 Å². The quantitative estimate of drug-likeness (QED) is 0.246. The first-order valence-corrected chi connectivity index (χ1v) is 14.1. The number of hydrogen-bond donors (Lipinski definition) is 0. The van der Waals surface area contributed by atoms with Gasteiger partial charge in [0.05, 0.1) is 0 Å². The van der Waals surface area contributed by atoms with Crippen molar-refractivity contribution in [2.24, 2.45) is 0 Å². The Balaban J connectivity index is 2.85. The topological polar surface area (TPSA) is 0 Å². The summed E-state index contributed by atoms with van der Waals surface area (Å²) >= 11 is -0.259. The van der Waals surface area contributed by atoms with Crippen molar-refractivity contribution in [3.8, 4) is 0 Å². The Morgan fingerprint density at radius 1 is 0.471 bits per heavy atom. The van der Waals surface area contributed by atoms with Crippen LogP contribution in [0.2, 0.25) is 7.96 Å². The van der Waals surface area contributed by atoms with Crippen molar-refractivity contribution in [1.82, 2.24) is 0 Å². The molecular formula is C16H34Cd. The first-order chi connectivity index (χ1) is 8.41. The minimum absolute atomic E-state index is 0.259. The van der Waals surface area contributed by atoms with E-state index in [2.05, 4.69) is 13.8 Å². The zero-order valence-corrected chi connectivity index (χ0v) is 16.6. The van der Waals surface area contributed by atoms with Crippen molar-refractivity contribution in [1.29, 1.82) is 0 Å². The Hall–Kier alpha value is 0.922. The van der Waals surface area contributed by atoms with Crippen LogP contribution in [0, 0.1) is 0 Å². The molecule has 17 heavy (non-hydrogen) atoms. The standard InChI is InChI=1S/2C8H17.Cd/c2*1-3-5-7-8-6-4-2;/h2*1,3-8H2,2H3;. The third-order valence-electron chi connectivity index (χ3n) is 3.71. The first kappa shape index (κ1) is 17.9. The SMILES string of the molecule is CCCCCCC[CH2][Cd][CH2]CCCCCCC. The molecule has 0 aliphatic rings. The van der Waals surface area contributed by atoms with Crippen LogP contribution < -0.4 is 0 Å². The molecule has 0 aromatic heterocycles. The molecule has 0 atom stereocenters. The summed E-state index contributed by atoms with van der Waals surface area (Å²) in [5.74, 6) is 0. The van der Waals surface area contributed by atoms with Gasteiger partial charge in [0, 0.05) is 0 Å². The maximum atomic E-state index is 2.30. The first-order valence-electron chi connectivity index (χ1n) is 8.41. The predicted octanol–water partition coefficient (Wildman–Crippen LogP) is 6.63. The van der Waals surface area contributed by atoms with Crippen molar-refractivity contribution in [3.63, 3.8) is 0 Å². The zero-order chi connectivity index (χ0) is 12.6. The molecule has 0 aromatic rings. The van der Waals surface area contributed by atoms with Gasteiger partial charge in [-0.1, -0.05) is 0 Å². The Bertz CT molecular complexity index is 109. The summed E-state index contributed by atoms with van der Waals surface area (Å²) in [5, 5.41) is 0. The van der Waals surface area contributed by atoms with Crippen LogP contribution in [0.25, 0.3) is 0 Å². The molecule has 0 heterocycles. The molecule has 100 valence electrons. The molecule has 0 aromatic carbocycles. The summed E-state index contributed by atoms with van der Waals surface area (Å²) in [6.45, 7) is 4.61. The number of unbranched alkanes of at least 4 members (excludes halogenated alkanes) is 10. The molecular weight excluding hydrogens is 305 g/mol. The molecule has 0 bridgehead atoms. The van der Waals surface area contributed by atoms with Gasteiger partial charge in [0.25, 0.3) is 0 Å². The third-order valence-corrected chi connectivity index (χ3v) is 9.42. The van der Waals surface area contributed by atoms with Crippen molar-refractivity contribution >= 4 is 0 Å². The van der Waals surface area contributed by atoms with Crippen LogP contribution in [-0.4, -0.2) is 0 Å². The van der Waals surface area contributed by atoms with Crippen molar-refractivity contribution < 1.29 is 24.2 Å². The summed E-state index contributed by atoms with van der Waals surface area (Å²) in [6.07, 6.45) is 17.9. The summed E-state index contributed by atoms with van der Waals surface area (Å²) in [7, 11) is 0. The van der Waals surface area contributed by atoms with E-state index in [1.807, 2.05) is 0 Å². The van der Waals surface area contributed by atoms with Crippen LogP contribution in [0.5, 0.6) is 0 Å². The second-order valence-corrected chi connectivity index (χ2v) is 11.7. The fraction of sp³-hybridized carbons (Fsp3) is 1.00. The van der Waals surface area contributed by atoms with Gasteiger partial charge in [0.15, 0.2) is 0 Å². The molecule has 0 saturated heterocycles. The van der Waals surface area contributed by atoms with E-state index in [1.165, 1.54) is 64.2 Å². The Morgan fingerprint density at radius 3 is 1.24 bits per heavy atom. The summed E-state index contributed by atoms with van der Waals surface area (Å²) in [4.78, 5) is 0. The van der Waals surface area contributed by atoms with Crippen LogP contribution in [0.1, 0.15) is 90.9 Å². The van der Waals surface area contributed by atoms with Crippen LogP contribution in [0.15, 0.2) is 0 Å². The normalized spacial score (nSPS) is 10.5. The monoisotopic (exact) mass is 340 g/mol. The molecule has 0 saturated carbocycles. The average Bonchev–Trinajstić information content (AvgIpc) is 2.35. The molecule has 0 radical (unpaired) electrons.